The van der Waals surface area contributed by atoms with Crippen molar-refractivity contribution in [2.75, 3.05) is 60.5 Å². The van der Waals surface area contributed by atoms with Crippen molar-refractivity contribution in [3.63, 3.8) is 0 Å². The van der Waals surface area contributed by atoms with Crippen LogP contribution in [0.2, 0.25) is 0 Å². The topological polar surface area (TPSA) is 90.9 Å². The SMILES string of the molecule is COCC(F)(F)CC(F)(F)OC(F)(F)COCC1CCC(F)(C(F)(F)OC(F)(F)COCC(F)(F)CC(F)(F)OC(F)(F)COCC(F)(F)CC(=O)OC)C(F)(F)C1(F)F. The summed E-state index contributed by atoms with van der Waals surface area (Å²) >= 11 is 0. The van der Waals surface area contributed by atoms with Crippen LogP contribution in [0.5, 0.6) is 0 Å². The molecule has 0 spiro atoms. The van der Waals surface area contributed by atoms with Gasteiger partial charge in [0.25, 0.3) is 23.4 Å². The van der Waals surface area contributed by atoms with Gasteiger partial charge in [0.05, 0.1) is 19.6 Å². The van der Waals surface area contributed by atoms with Crippen LogP contribution in [-0.2, 0) is 42.7 Å². The average molecular weight is 949 g/mol. The summed E-state index contributed by atoms with van der Waals surface area (Å²) in [6, 6.07) is 0. The molecule has 0 aromatic carbocycles. The Bertz CT molecular complexity index is 1380. The number of hydrogen-bond acceptors (Lipinski definition) is 9. The number of halogens is 23. The van der Waals surface area contributed by atoms with Crippen molar-refractivity contribution in [3.05, 3.63) is 0 Å². The van der Waals surface area contributed by atoms with Gasteiger partial charge in [-0.2, -0.15) is 70.2 Å². The van der Waals surface area contributed by atoms with E-state index < -0.39 is 162 Å². The number of methoxy groups -OCH3 is 2. The van der Waals surface area contributed by atoms with Crippen LogP contribution in [0.3, 0.4) is 0 Å². The fraction of sp³-hybridized carbons (Fsp3) is 0.964. The van der Waals surface area contributed by atoms with Crippen molar-refractivity contribution in [1.29, 1.82) is 0 Å². The molecule has 1 aliphatic rings. The smallest absolute Gasteiger partial charge is 0.400 e. The molecular weight excluding hydrogens is 917 g/mol. The molecule has 0 bridgehead atoms. The van der Waals surface area contributed by atoms with Gasteiger partial charge in [-0.15, -0.1) is 0 Å². The molecule has 9 nitrogen and oxygen atoms in total. The third-order valence-electron chi connectivity index (χ3n) is 7.27. The molecule has 0 heterocycles. The fourth-order valence-corrected chi connectivity index (χ4v) is 4.82. The van der Waals surface area contributed by atoms with Gasteiger partial charge in [-0.25, -0.2) is 30.7 Å². The molecule has 2 atom stereocenters. The number of esters is 1. The second kappa shape index (κ2) is 19.1. The molecule has 1 rings (SSSR count). The summed E-state index contributed by atoms with van der Waals surface area (Å²) < 4.78 is 349. The van der Waals surface area contributed by atoms with Gasteiger partial charge in [0, 0.05) is 7.11 Å². The summed E-state index contributed by atoms with van der Waals surface area (Å²) in [4.78, 5) is 10.8. The minimum absolute atomic E-state index is 0.606. The molecular formula is C28H31F23O9. The van der Waals surface area contributed by atoms with Crippen molar-refractivity contribution in [2.24, 2.45) is 5.92 Å². The Morgan fingerprint density at radius 1 is 0.533 bits per heavy atom. The zero-order chi connectivity index (χ0) is 47.3. The van der Waals surface area contributed by atoms with Gasteiger partial charge in [-0.1, -0.05) is 0 Å². The predicted octanol–water partition coefficient (Wildman–Crippen LogP) is 8.93. The molecule has 0 aromatic rings. The average Bonchev–Trinajstić information content (AvgIpc) is 2.97. The second-order valence-electron chi connectivity index (χ2n) is 12.9. The molecule has 0 radical (unpaired) electrons. The van der Waals surface area contributed by atoms with Crippen molar-refractivity contribution < 1.29 is 144 Å². The number of hydrogen-bond donors (Lipinski definition) is 0. The predicted molar refractivity (Wildman–Crippen MR) is 144 cm³/mol. The van der Waals surface area contributed by atoms with Gasteiger partial charge in [0.1, 0.15) is 58.9 Å². The van der Waals surface area contributed by atoms with Crippen LogP contribution in [0, 0.1) is 5.92 Å². The van der Waals surface area contributed by atoms with Crippen molar-refractivity contribution >= 4 is 5.97 Å². The summed E-state index contributed by atoms with van der Waals surface area (Å²) in [6.45, 7) is -16.8. The molecule has 1 aliphatic carbocycles. The molecule has 0 aliphatic heterocycles. The maximum Gasteiger partial charge on any atom is 0.400 e. The number of ether oxygens (including phenoxy) is 8. The Hall–Kier alpha value is -2.42. The second-order valence-corrected chi connectivity index (χ2v) is 12.9. The van der Waals surface area contributed by atoms with Crippen LogP contribution in [0.15, 0.2) is 0 Å². The quantitative estimate of drug-likeness (QED) is 0.0592. The first-order valence-electron chi connectivity index (χ1n) is 15.8. The Balaban J connectivity index is 2.87. The van der Waals surface area contributed by atoms with Gasteiger partial charge in [0.2, 0.25) is 0 Å². The highest BCUT2D eigenvalue weighted by molar-refractivity contribution is 5.70. The van der Waals surface area contributed by atoms with Gasteiger partial charge < -0.3 is 23.7 Å². The Morgan fingerprint density at radius 3 is 1.37 bits per heavy atom. The third kappa shape index (κ3) is 16.4. The van der Waals surface area contributed by atoms with E-state index in [0.29, 0.717) is 14.2 Å². The van der Waals surface area contributed by atoms with E-state index in [1.165, 1.54) is 0 Å². The molecule has 0 N–H and O–H groups in total. The van der Waals surface area contributed by atoms with E-state index in [2.05, 4.69) is 37.9 Å². The molecule has 0 aromatic heterocycles. The molecule has 60 heavy (non-hydrogen) atoms. The lowest BCUT2D eigenvalue weighted by Crippen LogP contribution is -2.71. The zero-order valence-corrected chi connectivity index (χ0v) is 29.9. The number of rotatable bonds is 27. The summed E-state index contributed by atoms with van der Waals surface area (Å²) in [7, 11) is 1.26. The number of alkyl halides is 23. The Labute approximate surface area is 320 Å². The highest BCUT2D eigenvalue weighted by atomic mass is 19.3. The standard InChI is InChI=1S/C28H31F23O9/c1-53-9-18(31,32)7-21(36,37)58-23(40,41)12-55-6-15-3-4-20(35,27(48,49)26(15,46)47)28(50,51)60-25(44,45)14-57-11-19(33,34)8-22(38,39)59-24(42,43)13-56-10-17(29,30)5-16(52)54-2/h15H,3-14H2,1-2H3. The first-order valence-corrected chi connectivity index (χ1v) is 15.8. The highest BCUT2D eigenvalue weighted by Crippen LogP contribution is 2.61. The molecule has 2 unspecified atom stereocenters. The lowest BCUT2D eigenvalue weighted by molar-refractivity contribution is -0.461. The van der Waals surface area contributed by atoms with Crippen molar-refractivity contribution in [1.82, 2.24) is 0 Å². The van der Waals surface area contributed by atoms with E-state index >= 15 is 4.39 Å². The molecule has 0 amide bonds. The summed E-state index contributed by atoms with van der Waals surface area (Å²) in [5.74, 6) is -31.9. The molecule has 1 fully saturated rings. The van der Waals surface area contributed by atoms with Crippen LogP contribution in [0.1, 0.15) is 32.1 Å². The van der Waals surface area contributed by atoms with Crippen LogP contribution in [-0.4, -0.2) is 138 Å². The van der Waals surface area contributed by atoms with E-state index in [-0.39, 0.29) is 0 Å². The molecule has 0 saturated heterocycles. The summed E-state index contributed by atoms with van der Waals surface area (Å²) in [5, 5.41) is 0. The van der Waals surface area contributed by atoms with Gasteiger partial charge in [0.15, 0.2) is 0 Å². The van der Waals surface area contributed by atoms with E-state index in [0.717, 1.165) is 0 Å². The Morgan fingerprint density at radius 2 is 0.933 bits per heavy atom. The maximum atomic E-state index is 15.1. The lowest BCUT2D eigenvalue weighted by atomic mass is 9.73. The van der Waals surface area contributed by atoms with Crippen LogP contribution in [0.25, 0.3) is 0 Å². The van der Waals surface area contributed by atoms with Crippen LogP contribution in [0.4, 0.5) is 101 Å². The zero-order valence-electron chi connectivity index (χ0n) is 29.9. The first kappa shape index (κ1) is 55.6. The normalized spacial score (nSPS) is 21.3. The van der Waals surface area contributed by atoms with Crippen molar-refractivity contribution in [3.8, 4) is 0 Å². The van der Waals surface area contributed by atoms with E-state index in [9.17, 15) is 101 Å². The van der Waals surface area contributed by atoms with Gasteiger partial charge >= 0.3 is 54.5 Å². The highest BCUT2D eigenvalue weighted by Gasteiger charge is 2.84. The first-order chi connectivity index (χ1) is 26.5. The summed E-state index contributed by atoms with van der Waals surface area (Å²) in [6.07, 6.45) is -46.9. The van der Waals surface area contributed by atoms with Gasteiger partial charge in [-0.05, 0) is 12.8 Å². The molecule has 1 saturated carbocycles. The van der Waals surface area contributed by atoms with E-state index in [1.54, 1.807) is 0 Å². The number of carbonyl (C=O) groups is 1. The van der Waals surface area contributed by atoms with Gasteiger partial charge in [-0.3, -0.25) is 19.0 Å². The van der Waals surface area contributed by atoms with Crippen molar-refractivity contribution in [2.45, 2.75) is 104 Å². The number of carbonyl (C=O) groups excluding carboxylic acids is 1. The summed E-state index contributed by atoms with van der Waals surface area (Å²) in [5.41, 5.74) is -6.19. The van der Waals surface area contributed by atoms with Crippen LogP contribution < -0.4 is 0 Å². The third-order valence-corrected chi connectivity index (χ3v) is 7.27. The lowest BCUT2D eigenvalue weighted by Gasteiger charge is -2.48. The maximum absolute atomic E-state index is 15.1. The minimum atomic E-state index is -6.85. The Kier molecular flexibility index (Phi) is 17.7. The monoisotopic (exact) mass is 948 g/mol. The van der Waals surface area contributed by atoms with E-state index in [4.69, 9.17) is 0 Å². The largest absolute Gasteiger partial charge is 0.469 e. The van der Waals surface area contributed by atoms with E-state index in [1.807, 2.05) is 0 Å². The molecule has 358 valence electrons. The molecule has 32 heteroatoms. The minimum Gasteiger partial charge on any atom is -0.469 e. The fourth-order valence-electron chi connectivity index (χ4n) is 4.82. The van der Waals surface area contributed by atoms with Crippen LogP contribution >= 0.6 is 0 Å².